The van der Waals surface area contributed by atoms with E-state index in [2.05, 4.69) is 9.97 Å². The average Bonchev–Trinajstić information content (AvgIpc) is 3.07. The minimum atomic E-state index is -0.390. The van der Waals surface area contributed by atoms with Gasteiger partial charge in [0.15, 0.2) is 5.82 Å². The summed E-state index contributed by atoms with van der Waals surface area (Å²) in [5.41, 5.74) is 6.43. The number of hydrogen-bond acceptors (Lipinski definition) is 5. The van der Waals surface area contributed by atoms with E-state index in [1.54, 1.807) is 25.3 Å². The van der Waals surface area contributed by atoms with Crippen molar-refractivity contribution in [2.24, 2.45) is 5.73 Å². The van der Waals surface area contributed by atoms with Crippen LogP contribution in [0.15, 0.2) is 18.2 Å². The molecule has 0 aliphatic heterocycles. The Balaban J connectivity index is 2.26. The van der Waals surface area contributed by atoms with E-state index in [4.69, 9.17) is 10.5 Å². The molecule has 0 spiro atoms. The minimum absolute atomic E-state index is 0.168. The van der Waals surface area contributed by atoms with Gasteiger partial charge in [-0.25, -0.2) is 4.98 Å². The molecule has 1 fully saturated rings. The van der Waals surface area contributed by atoms with Gasteiger partial charge in [-0.3, -0.25) is 0 Å². The van der Waals surface area contributed by atoms with E-state index in [1.807, 2.05) is 0 Å². The van der Waals surface area contributed by atoms with Crippen LogP contribution >= 0.6 is 0 Å². The van der Waals surface area contributed by atoms with Crippen molar-refractivity contribution < 1.29 is 9.84 Å². The maximum Gasteiger partial charge on any atom is 0.224 e. The van der Waals surface area contributed by atoms with Gasteiger partial charge >= 0.3 is 0 Å². The highest BCUT2D eigenvalue weighted by Crippen LogP contribution is 2.42. The van der Waals surface area contributed by atoms with Gasteiger partial charge in [0.2, 0.25) is 5.88 Å². The van der Waals surface area contributed by atoms with Crippen molar-refractivity contribution in [3.8, 4) is 11.6 Å². The Morgan fingerprint density at radius 2 is 2.12 bits per heavy atom. The summed E-state index contributed by atoms with van der Waals surface area (Å²) in [4.78, 5) is 8.76. The predicted octanol–water partition coefficient (Wildman–Crippen LogP) is 1.29. The molecule has 1 heterocycles. The van der Waals surface area contributed by atoms with Crippen LogP contribution in [0.4, 0.5) is 0 Å². The largest absolute Gasteiger partial charge is 0.508 e. The lowest BCUT2D eigenvalue weighted by Gasteiger charge is -2.11. The first-order valence-electron chi connectivity index (χ1n) is 5.46. The van der Waals surface area contributed by atoms with Crippen LogP contribution in [0.2, 0.25) is 0 Å². The van der Waals surface area contributed by atoms with Crippen molar-refractivity contribution in [1.29, 1.82) is 0 Å². The molecule has 0 atom stereocenters. The van der Waals surface area contributed by atoms with Crippen LogP contribution in [-0.2, 0) is 5.54 Å². The number of aromatic nitrogens is 2. The highest BCUT2D eigenvalue weighted by molar-refractivity contribution is 5.84. The Morgan fingerprint density at radius 1 is 1.35 bits per heavy atom. The SMILES string of the molecule is COc1nc(C2(N)CC2)nc2ccc(O)cc12. The van der Waals surface area contributed by atoms with Crippen LogP contribution in [0.5, 0.6) is 11.6 Å². The number of nitrogens with two attached hydrogens (primary N) is 1. The van der Waals surface area contributed by atoms with E-state index in [0.29, 0.717) is 17.1 Å². The fourth-order valence-electron chi connectivity index (χ4n) is 1.82. The number of benzene rings is 1. The number of phenolic OH excluding ortho intramolecular Hbond substituents is 1. The maximum atomic E-state index is 9.46. The molecule has 3 N–H and O–H groups in total. The van der Waals surface area contributed by atoms with E-state index in [9.17, 15) is 5.11 Å². The molecule has 1 aromatic carbocycles. The van der Waals surface area contributed by atoms with Crippen molar-refractivity contribution in [2.45, 2.75) is 18.4 Å². The number of rotatable bonds is 2. The van der Waals surface area contributed by atoms with E-state index < -0.39 is 0 Å². The molecule has 0 amide bonds. The number of nitrogens with zero attached hydrogens (tertiary/aromatic N) is 2. The Morgan fingerprint density at radius 3 is 2.76 bits per heavy atom. The quantitative estimate of drug-likeness (QED) is 0.814. The molecule has 1 saturated carbocycles. The monoisotopic (exact) mass is 231 g/mol. The van der Waals surface area contributed by atoms with Crippen molar-refractivity contribution >= 4 is 10.9 Å². The normalized spacial score (nSPS) is 17.1. The standard InChI is InChI=1S/C12H13N3O2/c1-17-10-8-6-7(16)2-3-9(8)14-11(15-10)12(13)4-5-12/h2-3,6,16H,4-5,13H2,1H3. The molecular formula is C12H13N3O2. The molecule has 88 valence electrons. The fraction of sp³-hybridized carbons (Fsp3) is 0.333. The van der Waals surface area contributed by atoms with Gasteiger partial charge in [-0.1, -0.05) is 0 Å². The number of aromatic hydroxyl groups is 1. The maximum absolute atomic E-state index is 9.46. The summed E-state index contributed by atoms with van der Waals surface area (Å²) < 4.78 is 5.23. The molecule has 3 rings (SSSR count). The predicted molar refractivity (Wildman–Crippen MR) is 62.9 cm³/mol. The second kappa shape index (κ2) is 3.30. The van der Waals surface area contributed by atoms with E-state index >= 15 is 0 Å². The molecule has 0 unspecified atom stereocenters. The fourth-order valence-corrected chi connectivity index (χ4v) is 1.82. The Labute approximate surface area is 98.3 Å². The van der Waals surface area contributed by atoms with Gasteiger partial charge in [-0.15, -0.1) is 0 Å². The van der Waals surface area contributed by atoms with Crippen LogP contribution < -0.4 is 10.5 Å². The smallest absolute Gasteiger partial charge is 0.224 e. The molecule has 1 aromatic heterocycles. The first-order valence-corrected chi connectivity index (χ1v) is 5.46. The summed E-state index contributed by atoms with van der Waals surface area (Å²) in [6.45, 7) is 0. The third kappa shape index (κ3) is 1.59. The van der Waals surface area contributed by atoms with Crippen molar-refractivity contribution in [3.63, 3.8) is 0 Å². The Kier molecular flexibility index (Phi) is 2.00. The third-order valence-corrected chi connectivity index (χ3v) is 3.07. The summed E-state index contributed by atoms with van der Waals surface area (Å²) in [5.74, 6) is 1.24. The summed E-state index contributed by atoms with van der Waals surface area (Å²) in [5, 5.41) is 10.2. The number of methoxy groups -OCH3 is 1. The highest BCUT2D eigenvalue weighted by atomic mass is 16.5. The first-order chi connectivity index (χ1) is 8.12. The summed E-state index contributed by atoms with van der Waals surface area (Å²) in [6.07, 6.45) is 1.81. The molecule has 5 nitrogen and oxygen atoms in total. The molecule has 1 aliphatic carbocycles. The number of ether oxygens (including phenoxy) is 1. The zero-order valence-corrected chi connectivity index (χ0v) is 9.47. The lowest BCUT2D eigenvalue weighted by Crippen LogP contribution is -2.22. The Bertz CT molecular complexity index is 594. The summed E-state index contributed by atoms with van der Waals surface area (Å²) in [7, 11) is 1.55. The van der Waals surface area contributed by atoms with E-state index in [0.717, 1.165) is 18.4 Å². The first kappa shape index (κ1) is 10.3. The molecule has 2 aromatic rings. The van der Waals surface area contributed by atoms with E-state index in [1.165, 1.54) is 0 Å². The average molecular weight is 231 g/mol. The van der Waals surface area contributed by atoms with Crippen molar-refractivity contribution in [2.75, 3.05) is 7.11 Å². The lowest BCUT2D eigenvalue weighted by molar-refractivity contribution is 0.398. The number of hydrogen-bond donors (Lipinski definition) is 2. The van der Waals surface area contributed by atoms with Gasteiger partial charge in [-0.05, 0) is 31.0 Å². The van der Waals surface area contributed by atoms with Crippen LogP contribution in [-0.4, -0.2) is 22.2 Å². The summed E-state index contributed by atoms with van der Waals surface area (Å²) in [6, 6.07) is 4.92. The van der Waals surface area contributed by atoms with E-state index in [-0.39, 0.29) is 11.3 Å². The lowest BCUT2D eigenvalue weighted by atomic mass is 10.2. The van der Waals surface area contributed by atoms with Gasteiger partial charge < -0.3 is 15.6 Å². The van der Waals surface area contributed by atoms with Gasteiger partial charge in [-0.2, -0.15) is 4.98 Å². The molecule has 0 radical (unpaired) electrons. The third-order valence-electron chi connectivity index (χ3n) is 3.07. The van der Waals surface area contributed by atoms with Gasteiger partial charge in [0.1, 0.15) is 5.75 Å². The van der Waals surface area contributed by atoms with Crippen LogP contribution in [0.25, 0.3) is 10.9 Å². The zero-order valence-electron chi connectivity index (χ0n) is 9.47. The summed E-state index contributed by atoms with van der Waals surface area (Å²) >= 11 is 0. The highest BCUT2D eigenvalue weighted by Gasteiger charge is 2.43. The molecule has 5 heteroatoms. The van der Waals surface area contributed by atoms with Gasteiger partial charge in [0.05, 0.1) is 23.6 Å². The molecule has 0 saturated heterocycles. The minimum Gasteiger partial charge on any atom is -0.508 e. The topological polar surface area (TPSA) is 81.3 Å². The second-order valence-corrected chi connectivity index (χ2v) is 4.41. The van der Waals surface area contributed by atoms with Crippen molar-refractivity contribution in [3.05, 3.63) is 24.0 Å². The van der Waals surface area contributed by atoms with Crippen LogP contribution in [0.3, 0.4) is 0 Å². The molecule has 17 heavy (non-hydrogen) atoms. The van der Waals surface area contributed by atoms with Crippen LogP contribution in [0.1, 0.15) is 18.7 Å². The zero-order chi connectivity index (χ0) is 12.0. The molecule has 0 bridgehead atoms. The Hall–Kier alpha value is -1.88. The van der Waals surface area contributed by atoms with Gasteiger partial charge in [0.25, 0.3) is 0 Å². The number of fused-ring (bicyclic) bond motifs is 1. The molecular weight excluding hydrogens is 218 g/mol. The van der Waals surface area contributed by atoms with Crippen LogP contribution in [0, 0.1) is 0 Å². The van der Waals surface area contributed by atoms with Gasteiger partial charge in [0, 0.05) is 0 Å². The second-order valence-electron chi connectivity index (χ2n) is 4.41. The number of phenols is 1. The van der Waals surface area contributed by atoms with Crippen molar-refractivity contribution in [1.82, 2.24) is 9.97 Å². The molecule has 1 aliphatic rings.